The highest BCUT2D eigenvalue weighted by Crippen LogP contribution is 2.23. The zero-order chi connectivity index (χ0) is 13.8. The minimum Gasteiger partial charge on any atom is -0.339 e. The van der Waals surface area contributed by atoms with Crippen LogP contribution in [0.2, 0.25) is 5.02 Å². The van der Waals surface area contributed by atoms with Crippen molar-refractivity contribution in [3.8, 4) is 0 Å². The van der Waals surface area contributed by atoms with Crippen LogP contribution in [0.5, 0.6) is 0 Å². The van der Waals surface area contributed by atoms with E-state index < -0.39 is 5.82 Å². The molecule has 1 fully saturated rings. The smallest absolute Gasteiger partial charge is 0.258 e. The third kappa shape index (κ3) is 3.25. The molecule has 0 aliphatic carbocycles. The summed E-state index contributed by atoms with van der Waals surface area (Å²) in [6, 6.07) is 4.45. The third-order valence-corrected chi connectivity index (χ3v) is 3.90. The van der Waals surface area contributed by atoms with Gasteiger partial charge in [0.05, 0.1) is 10.6 Å². The molecule has 1 unspecified atom stereocenters. The van der Waals surface area contributed by atoms with Crippen molar-refractivity contribution in [2.24, 2.45) is 0 Å². The van der Waals surface area contributed by atoms with E-state index in [4.69, 9.17) is 11.6 Å². The first-order valence-corrected chi connectivity index (χ1v) is 6.91. The third-order valence-electron chi connectivity index (χ3n) is 3.59. The zero-order valence-corrected chi connectivity index (χ0v) is 11.7. The van der Waals surface area contributed by atoms with Gasteiger partial charge in [-0.05, 0) is 44.5 Å². The Balaban J connectivity index is 2.18. The second kappa shape index (κ2) is 6.35. The maximum absolute atomic E-state index is 13.8. The van der Waals surface area contributed by atoms with Crippen molar-refractivity contribution in [2.75, 3.05) is 20.1 Å². The molecule has 104 valence electrons. The predicted molar refractivity (Wildman–Crippen MR) is 74.0 cm³/mol. The maximum Gasteiger partial charge on any atom is 0.258 e. The fourth-order valence-corrected chi connectivity index (χ4v) is 2.68. The lowest BCUT2D eigenvalue weighted by Gasteiger charge is -2.27. The van der Waals surface area contributed by atoms with Crippen LogP contribution in [-0.4, -0.2) is 37.0 Å². The van der Waals surface area contributed by atoms with Gasteiger partial charge in [-0.2, -0.15) is 0 Å². The van der Waals surface area contributed by atoms with Gasteiger partial charge in [0.15, 0.2) is 0 Å². The van der Waals surface area contributed by atoms with Gasteiger partial charge in [-0.25, -0.2) is 4.39 Å². The number of nitrogens with one attached hydrogen (secondary N) is 1. The minimum absolute atomic E-state index is 0.0242. The van der Waals surface area contributed by atoms with Crippen LogP contribution < -0.4 is 5.32 Å². The molecule has 1 atom stereocenters. The second-order valence-corrected chi connectivity index (χ2v) is 5.25. The van der Waals surface area contributed by atoms with Gasteiger partial charge in [-0.3, -0.25) is 4.79 Å². The van der Waals surface area contributed by atoms with Gasteiger partial charge in [0.25, 0.3) is 5.91 Å². The van der Waals surface area contributed by atoms with E-state index in [2.05, 4.69) is 5.32 Å². The topological polar surface area (TPSA) is 32.3 Å². The van der Waals surface area contributed by atoms with Crippen molar-refractivity contribution in [1.82, 2.24) is 10.2 Å². The number of nitrogens with zero attached hydrogens (tertiary/aromatic N) is 1. The van der Waals surface area contributed by atoms with Gasteiger partial charge < -0.3 is 10.2 Å². The minimum atomic E-state index is -0.559. The number of amides is 1. The van der Waals surface area contributed by atoms with Crippen molar-refractivity contribution in [2.45, 2.75) is 25.3 Å². The molecular formula is C14H18ClFN2O. The number of hydrogen-bond acceptors (Lipinski definition) is 2. The summed E-state index contributed by atoms with van der Waals surface area (Å²) in [4.78, 5) is 14.0. The molecule has 1 saturated heterocycles. The molecule has 1 aliphatic heterocycles. The SMILES string of the molecule is CN(C(=O)c1c(F)cccc1Cl)C1CCCNCC1. The van der Waals surface area contributed by atoms with E-state index in [1.165, 1.54) is 12.1 Å². The second-order valence-electron chi connectivity index (χ2n) is 4.85. The standard InChI is InChI=1S/C14H18ClFN2O/c1-18(10-4-3-8-17-9-7-10)14(19)13-11(15)5-2-6-12(13)16/h2,5-6,10,17H,3-4,7-9H2,1H3. The highest BCUT2D eigenvalue weighted by molar-refractivity contribution is 6.33. The molecule has 5 heteroatoms. The molecule has 1 aromatic rings. The highest BCUT2D eigenvalue weighted by atomic mass is 35.5. The van der Waals surface area contributed by atoms with E-state index in [9.17, 15) is 9.18 Å². The molecule has 0 aromatic heterocycles. The van der Waals surface area contributed by atoms with E-state index in [0.29, 0.717) is 0 Å². The average Bonchev–Trinajstić information content (AvgIpc) is 2.66. The Bertz CT molecular complexity index is 439. The lowest BCUT2D eigenvalue weighted by Crippen LogP contribution is -2.38. The number of carbonyl (C=O) groups is 1. The highest BCUT2D eigenvalue weighted by Gasteiger charge is 2.25. The van der Waals surface area contributed by atoms with Crippen LogP contribution in [0.3, 0.4) is 0 Å². The maximum atomic E-state index is 13.8. The van der Waals surface area contributed by atoms with E-state index in [0.717, 1.165) is 32.4 Å². The molecule has 0 saturated carbocycles. The first-order valence-electron chi connectivity index (χ1n) is 6.53. The Morgan fingerprint density at radius 2 is 2.21 bits per heavy atom. The quantitative estimate of drug-likeness (QED) is 0.906. The van der Waals surface area contributed by atoms with E-state index in [1.807, 2.05) is 0 Å². The monoisotopic (exact) mass is 284 g/mol. The summed E-state index contributed by atoms with van der Waals surface area (Å²) in [5.74, 6) is -0.897. The van der Waals surface area contributed by atoms with Crippen LogP contribution in [0, 0.1) is 5.82 Å². The Hall–Kier alpha value is -1.13. The number of rotatable bonds is 2. The van der Waals surface area contributed by atoms with Gasteiger partial charge in [-0.15, -0.1) is 0 Å². The van der Waals surface area contributed by atoms with Crippen molar-refractivity contribution in [3.63, 3.8) is 0 Å². The molecular weight excluding hydrogens is 267 g/mol. The molecule has 0 bridgehead atoms. The summed E-state index contributed by atoms with van der Waals surface area (Å²) >= 11 is 5.94. The van der Waals surface area contributed by atoms with Crippen molar-refractivity contribution < 1.29 is 9.18 Å². The van der Waals surface area contributed by atoms with Crippen molar-refractivity contribution >= 4 is 17.5 Å². The zero-order valence-electron chi connectivity index (χ0n) is 11.0. The lowest BCUT2D eigenvalue weighted by molar-refractivity contribution is 0.0716. The fourth-order valence-electron chi connectivity index (χ4n) is 2.43. The van der Waals surface area contributed by atoms with Crippen LogP contribution in [0.1, 0.15) is 29.6 Å². The van der Waals surface area contributed by atoms with Crippen LogP contribution in [-0.2, 0) is 0 Å². The van der Waals surface area contributed by atoms with Crippen LogP contribution in [0.15, 0.2) is 18.2 Å². The Morgan fingerprint density at radius 3 is 2.95 bits per heavy atom. The van der Waals surface area contributed by atoms with Gasteiger partial charge in [0.1, 0.15) is 5.82 Å². The number of halogens is 2. The van der Waals surface area contributed by atoms with Crippen LogP contribution in [0.4, 0.5) is 4.39 Å². The molecule has 2 rings (SSSR count). The molecule has 1 aromatic carbocycles. The van der Waals surface area contributed by atoms with E-state index in [-0.39, 0.29) is 22.5 Å². The molecule has 1 N–H and O–H groups in total. The van der Waals surface area contributed by atoms with Crippen molar-refractivity contribution in [3.05, 3.63) is 34.6 Å². The Morgan fingerprint density at radius 1 is 1.42 bits per heavy atom. The summed E-state index contributed by atoms with van der Waals surface area (Å²) in [5, 5.41) is 3.47. The molecule has 3 nitrogen and oxygen atoms in total. The van der Waals surface area contributed by atoms with Crippen molar-refractivity contribution in [1.29, 1.82) is 0 Å². The van der Waals surface area contributed by atoms with E-state index in [1.54, 1.807) is 18.0 Å². The largest absolute Gasteiger partial charge is 0.339 e. The lowest BCUT2D eigenvalue weighted by atomic mass is 10.1. The molecule has 0 spiro atoms. The fraction of sp³-hybridized carbons (Fsp3) is 0.500. The number of carbonyl (C=O) groups excluding carboxylic acids is 1. The Labute approximate surface area is 117 Å². The molecule has 19 heavy (non-hydrogen) atoms. The molecule has 1 heterocycles. The first kappa shape index (κ1) is 14.3. The Kier molecular flexibility index (Phi) is 4.77. The summed E-state index contributed by atoms with van der Waals surface area (Å²) in [6.45, 7) is 1.85. The molecule has 1 aliphatic rings. The first-order chi connectivity index (χ1) is 9.11. The van der Waals surface area contributed by atoms with Crippen LogP contribution >= 0.6 is 11.6 Å². The summed E-state index contributed by atoms with van der Waals surface area (Å²) in [6.07, 6.45) is 2.84. The van der Waals surface area contributed by atoms with Gasteiger partial charge in [0.2, 0.25) is 0 Å². The van der Waals surface area contributed by atoms with Crippen LogP contribution in [0.25, 0.3) is 0 Å². The molecule has 0 radical (unpaired) electrons. The predicted octanol–water partition coefficient (Wildman–Crippen LogP) is 2.69. The summed E-state index contributed by atoms with van der Waals surface area (Å²) in [5.41, 5.74) is -0.0242. The summed E-state index contributed by atoms with van der Waals surface area (Å²) in [7, 11) is 1.72. The van der Waals surface area contributed by atoms with Gasteiger partial charge in [-0.1, -0.05) is 17.7 Å². The van der Waals surface area contributed by atoms with Gasteiger partial charge >= 0.3 is 0 Å². The summed E-state index contributed by atoms with van der Waals surface area (Å²) < 4.78 is 13.8. The number of hydrogen-bond donors (Lipinski definition) is 1. The molecule has 1 amide bonds. The van der Waals surface area contributed by atoms with Gasteiger partial charge in [0, 0.05) is 13.1 Å². The average molecular weight is 285 g/mol. The normalized spacial score (nSPS) is 19.8. The van der Waals surface area contributed by atoms with E-state index >= 15 is 0 Å². The number of benzene rings is 1.